The third-order valence-corrected chi connectivity index (χ3v) is 3.25. The third-order valence-electron chi connectivity index (χ3n) is 2.44. The van der Waals surface area contributed by atoms with Crippen LogP contribution in [-0.4, -0.2) is 39.2 Å². The number of hydrogen-bond donors (Lipinski definition) is 2. The largest absolute Gasteiger partial charge is 0.478 e. The van der Waals surface area contributed by atoms with Crippen molar-refractivity contribution in [3.63, 3.8) is 0 Å². The van der Waals surface area contributed by atoms with Gasteiger partial charge in [-0.3, -0.25) is 9.00 Å². The highest BCUT2D eigenvalue weighted by Gasteiger charge is 2.14. The summed E-state index contributed by atoms with van der Waals surface area (Å²) < 4.78 is 10.9. The predicted molar refractivity (Wildman–Crippen MR) is 67.2 cm³/mol. The molecule has 1 amide bonds. The molecule has 17 heavy (non-hydrogen) atoms. The van der Waals surface area contributed by atoms with Crippen molar-refractivity contribution in [2.75, 3.05) is 12.0 Å². The van der Waals surface area contributed by atoms with E-state index in [2.05, 4.69) is 5.32 Å². The molecule has 0 saturated carbocycles. The lowest BCUT2D eigenvalue weighted by Crippen LogP contribution is -2.34. The third kappa shape index (κ3) is 6.21. The number of carboxylic acid groups (broad SMARTS) is 1. The number of rotatable bonds is 6. The number of amides is 1. The van der Waals surface area contributed by atoms with E-state index in [1.807, 2.05) is 0 Å². The van der Waals surface area contributed by atoms with Crippen molar-refractivity contribution >= 4 is 22.7 Å². The highest BCUT2D eigenvalue weighted by molar-refractivity contribution is 7.84. The fourth-order valence-corrected chi connectivity index (χ4v) is 1.76. The fourth-order valence-electron chi connectivity index (χ4n) is 1.08. The summed E-state index contributed by atoms with van der Waals surface area (Å²) in [6.45, 7) is 4.67. The van der Waals surface area contributed by atoms with Gasteiger partial charge in [0.15, 0.2) is 0 Å². The Balaban J connectivity index is 4.40. The summed E-state index contributed by atoms with van der Waals surface area (Å²) in [6.07, 6.45) is 2.21. The second-order valence-electron chi connectivity index (χ2n) is 4.00. The van der Waals surface area contributed by atoms with Crippen LogP contribution in [0, 0.1) is 0 Å². The first-order valence-corrected chi connectivity index (χ1v) is 7.00. The molecule has 98 valence electrons. The van der Waals surface area contributed by atoms with Gasteiger partial charge in [0.2, 0.25) is 5.91 Å². The molecule has 0 rings (SSSR count). The molecule has 0 aliphatic heterocycles. The van der Waals surface area contributed by atoms with E-state index in [-0.39, 0.29) is 23.1 Å². The molecule has 0 aliphatic carbocycles. The lowest BCUT2D eigenvalue weighted by Gasteiger charge is -2.13. The average molecular weight is 261 g/mol. The molecule has 0 heterocycles. The first-order valence-electron chi connectivity index (χ1n) is 5.27. The molecule has 0 aliphatic rings. The molecule has 0 saturated heterocycles. The average Bonchev–Trinajstić information content (AvgIpc) is 2.23. The molecule has 6 heteroatoms. The maximum atomic E-state index is 11.6. The predicted octanol–water partition coefficient (Wildman–Crippen LogP) is 0.681. The minimum Gasteiger partial charge on any atom is -0.478 e. The molecular weight excluding hydrogens is 242 g/mol. The van der Waals surface area contributed by atoms with Gasteiger partial charge in [-0.25, -0.2) is 4.79 Å². The van der Waals surface area contributed by atoms with Gasteiger partial charge in [0.25, 0.3) is 0 Å². The van der Waals surface area contributed by atoms with E-state index in [0.29, 0.717) is 12.2 Å². The zero-order chi connectivity index (χ0) is 13.6. The maximum Gasteiger partial charge on any atom is 0.331 e. The van der Waals surface area contributed by atoms with Crippen molar-refractivity contribution in [3.05, 3.63) is 11.1 Å². The second-order valence-corrected chi connectivity index (χ2v) is 5.55. The van der Waals surface area contributed by atoms with E-state index < -0.39 is 16.8 Å². The van der Waals surface area contributed by atoms with Crippen molar-refractivity contribution in [3.8, 4) is 0 Å². The van der Waals surface area contributed by atoms with Crippen LogP contribution in [0.15, 0.2) is 11.1 Å². The Morgan fingerprint density at radius 2 is 1.82 bits per heavy atom. The van der Waals surface area contributed by atoms with Crippen molar-refractivity contribution < 1.29 is 18.9 Å². The Kier molecular flexibility index (Phi) is 6.72. The zero-order valence-corrected chi connectivity index (χ0v) is 11.4. The summed E-state index contributed by atoms with van der Waals surface area (Å²) in [5.74, 6) is -0.971. The molecule has 2 N–H and O–H groups in total. The molecule has 2 unspecified atom stereocenters. The summed E-state index contributed by atoms with van der Waals surface area (Å²) in [4.78, 5) is 22.3. The van der Waals surface area contributed by atoms with Crippen LogP contribution in [0.1, 0.15) is 27.2 Å². The summed E-state index contributed by atoms with van der Waals surface area (Å²) in [5.41, 5.74) is 0.232. The lowest BCUT2D eigenvalue weighted by molar-refractivity contribution is -0.133. The van der Waals surface area contributed by atoms with Gasteiger partial charge in [-0.15, -0.1) is 0 Å². The Hall–Kier alpha value is -1.17. The smallest absolute Gasteiger partial charge is 0.331 e. The molecule has 0 bridgehead atoms. The second kappa shape index (κ2) is 7.21. The molecular formula is C11H19NO4S. The van der Waals surface area contributed by atoms with Gasteiger partial charge >= 0.3 is 5.97 Å². The standard InChI is InChI=1S/C11H19NO4S/c1-7(5-6-17(4)16)12-10(13)8(2)9(3)11(14)15/h7H,5-6H2,1-4H3,(H,12,13)(H,14,15). The van der Waals surface area contributed by atoms with E-state index in [1.165, 1.54) is 13.8 Å². The fraction of sp³-hybridized carbons (Fsp3) is 0.636. The highest BCUT2D eigenvalue weighted by Crippen LogP contribution is 2.04. The molecule has 2 atom stereocenters. The van der Waals surface area contributed by atoms with E-state index in [0.717, 1.165) is 0 Å². The number of carboxylic acids is 1. The molecule has 0 aromatic rings. The van der Waals surface area contributed by atoms with Crippen LogP contribution in [0.4, 0.5) is 0 Å². The topological polar surface area (TPSA) is 83.5 Å². The van der Waals surface area contributed by atoms with Crippen molar-refractivity contribution in [2.45, 2.75) is 33.2 Å². The van der Waals surface area contributed by atoms with Crippen molar-refractivity contribution in [1.29, 1.82) is 0 Å². The Morgan fingerprint density at radius 3 is 2.24 bits per heavy atom. The summed E-state index contributed by atoms with van der Waals surface area (Å²) in [7, 11) is -0.885. The minimum absolute atomic E-state index is 0.0359. The van der Waals surface area contributed by atoms with E-state index in [1.54, 1.807) is 13.2 Å². The maximum absolute atomic E-state index is 11.6. The Bertz CT molecular complexity index is 362. The number of carbonyl (C=O) groups is 2. The monoisotopic (exact) mass is 261 g/mol. The molecule has 0 aromatic carbocycles. The van der Waals surface area contributed by atoms with Crippen LogP contribution in [0.25, 0.3) is 0 Å². The van der Waals surface area contributed by atoms with Gasteiger partial charge in [0.1, 0.15) is 0 Å². The number of nitrogens with one attached hydrogen (secondary N) is 1. The van der Waals surface area contributed by atoms with Crippen LogP contribution in [0.5, 0.6) is 0 Å². The normalized spacial score (nSPS) is 15.8. The zero-order valence-electron chi connectivity index (χ0n) is 10.6. The highest BCUT2D eigenvalue weighted by atomic mass is 32.2. The Labute approximate surface area is 104 Å². The molecule has 0 aromatic heterocycles. The first kappa shape index (κ1) is 15.8. The summed E-state index contributed by atoms with van der Waals surface area (Å²) in [6, 6.07) is -0.122. The molecule has 5 nitrogen and oxygen atoms in total. The van der Waals surface area contributed by atoms with Gasteiger partial charge in [-0.2, -0.15) is 0 Å². The SMILES string of the molecule is CC(C(=O)O)=C(C)C(=O)NC(C)CCS(C)=O. The molecule has 0 fully saturated rings. The Morgan fingerprint density at radius 1 is 1.29 bits per heavy atom. The summed E-state index contributed by atoms with van der Waals surface area (Å²) >= 11 is 0. The van der Waals surface area contributed by atoms with E-state index in [9.17, 15) is 13.8 Å². The first-order chi connectivity index (χ1) is 7.75. The molecule has 0 spiro atoms. The van der Waals surface area contributed by atoms with Crippen LogP contribution in [0.3, 0.4) is 0 Å². The van der Waals surface area contributed by atoms with E-state index >= 15 is 0 Å². The quantitative estimate of drug-likeness (QED) is 0.689. The van der Waals surface area contributed by atoms with Gasteiger partial charge in [0.05, 0.1) is 0 Å². The number of hydrogen-bond acceptors (Lipinski definition) is 3. The summed E-state index contributed by atoms with van der Waals surface area (Å²) in [5, 5.41) is 11.4. The van der Waals surface area contributed by atoms with Crippen LogP contribution in [-0.2, 0) is 20.4 Å². The van der Waals surface area contributed by atoms with Crippen molar-refractivity contribution in [1.82, 2.24) is 5.32 Å². The molecule has 0 radical (unpaired) electrons. The van der Waals surface area contributed by atoms with Crippen LogP contribution < -0.4 is 5.32 Å². The van der Waals surface area contributed by atoms with Gasteiger partial charge in [-0.05, 0) is 27.2 Å². The van der Waals surface area contributed by atoms with Gasteiger partial charge in [-0.1, -0.05) is 0 Å². The minimum atomic E-state index is -1.10. The number of carbonyl (C=O) groups excluding carboxylic acids is 1. The van der Waals surface area contributed by atoms with Crippen LogP contribution >= 0.6 is 0 Å². The van der Waals surface area contributed by atoms with E-state index in [4.69, 9.17) is 5.11 Å². The van der Waals surface area contributed by atoms with Gasteiger partial charge < -0.3 is 10.4 Å². The lowest BCUT2D eigenvalue weighted by atomic mass is 10.1. The van der Waals surface area contributed by atoms with Crippen molar-refractivity contribution in [2.24, 2.45) is 0 Å². The van der Waals surface area contributed by atoms with Gasteiger partial charge in [0, 0.05) is 40.0 Å². The van der Waals surface area contributed by atoms with Crippen LogP contribution in [0.2, 0.25) is 0 Å². The number of aliphatic carboxylic acids is 1.